The zero-order valence-corrected chi connectivity index (χ0v) is 23.4. The van der Waals surface area contributed by atoms with Gasteiger partial charge in [0.2, 0.25) is 5.91 Å². The van der Waals surface area contributed by atoms with Crippen molar-refractivity contribution in [2.24, 2.45) is 0 Å². The predicted octanol–water partition coefficient (Wildman–Crippen LogP) is 4.35. The van der Waals surface area contributed by atoms with Crippen molar-refractivity contribution < 1.29 is 9.59 Å². The third kappa shape index (κ3) is 4.61. The van der Waals surface area contributed by atoms with Gasteiger partial charge in [-0.25, -0.2) is 4.68 Å². The molecule has 3 aromatic rings. The summed E-state index contributed by atoms with van der Waals surface area (Å²) in [5.74, 6) is 0.103. The third-order valence-corrected chi connectivity index (χ3v) is 8.73. The van der Waals surface area contributed by atoms with Crippen molar-refractivity contribution in [2.75, 3.05) is 50.1 Å². The molecule has 6 rings (SSSR count). The second-order valence-corrected chi connectivity index (χ2v) is 11.4. The van der Waals surface area contributed by atoms with Crippen LogP contribution in [0.2, 0.25) is 0 Å². The number of fused-ring (bicyclic) bond motifs is 1. The van der Waals surface area contributed by atoms with Gasteiger partial charge in [0, 0.05) is 44.8 Å². The molecule has 0 N–H and O–H groups in total. The van der Waals surface area contributed by atoms with Crippen molar-refractivity contribution in [3.05, 3.63) is 59.8 Å². The zero-order valence-electron chi connectivity index (χ0n) is 23.4. The highest BCUT2D eigenvalue weighted by Crippen LogP contribution is 2.42. The highest BCUT2D eigenvalue weighted by Gasteiger charge is 2.38. The lowest BCUT2D eigenvalue weighted by molar-refractivity contribution is -0.119. The number of piperazine rings is 1. The van der Waals surface area contributed by atoms with Crippen LogP contribution in [0.15, 0.2) is 48.5 Å². The van der Waals surface area contributed by atoms with Crippen LogP contribution in [-0.2, 0) is 4.79 Å². The standard InChI is InChI=1S/C31H38N6O2/c1-21-9-12-25(13-10-21)37-28(20-26(32-37)31(39)35-17-15-33(3)16-18-35)23-11-14-27-29(19-23)36(24-7-5-6-8-24)22(2)30(38)34(27)4/h9-14,19-20,22,24H,5-8,15-18H2,1-4H3/t22-/m1/s1. The van der Waals surface area contributed by atoms with Crippen LogP contribution in [-0.4, -0.2) is 83.8 Å². The topological polar surface area (TPSA) is 64.9 Å². The van der Waals surface area contributed by atoms with E-state index in [9.17, 15) is 9.59 Å². The molecular weight excluding hydrogens is 488 g/mol. The van der Waals surface area contributed by atoms with Gasteiger partial charge in [-0.1, -0.05) is 36.6 Å². The van der Waals surface area contributed by atoms with E-state index in [0.717, 1.165) is 54.3 Å². The number of anilines is 2. The van der Waals surface area contributed by atoms with Crippen LogP contribution in [0, 0.1) is 6.92 Å². The van der Waals surface area contributed by atoms with Gasteiger partial charge >= 0.3 is 0 Å². The van der Waals surface area contributed by atoms with E-state index < -0.39 is 0 Å². The molecule has 0 spiro atoms. The minimum atomic E-state index is -0.211. The van der Waals surface area contributed by atoms with Crippen molar-refractivity contribution in [1.82, 2.24) is 19.6 Å². The molecule has 8 heteroatoms. The highest BCUT2D eigenvalue weighted by molar-refractivity contribution is 6.05. The first-order valence-corrected chi connectivity index (χ1v) is 14.2. The number of benzene rings is 2. The maximum atomic E-state index is 13.5. The number of carbonyl (C=O) groups excluding carboxylic acids is 2. The fraction of sp³-hybridized carbons (Fsp3) is 0.452. The summed E-state index contributed by atoms with van der Waals surface area (Å²) >= 11 is 0. The summed E-state index contributed by atoms with van der Waals surface area (Å²) in [6.45, 7) is 7.23. The lowest BCUT2D eigenvalue weighted by Crippen LogP contribution is -2.54. The molecule has 2 aromatic carbocycles. The lowest BCUT2D eigenvalue weighted by atomic mass is 10.00. The van der Waals surface area contributed by atoms with Crippen LogP contribution >= 0.6 is 0 Å². The second kappa shape index (κ2) is 10.2. The van der Waals surface area contributed by atoms with Crippen molar-refractivity contribution in [2.45, 2.75) is 51.6 Å². The molecule has 3 aliphatic rings. The highest BCUT2D eigenvalue weighted by atomic mass is 16.2. The van der Waals surface area contributed by atoms with Crippen LogP contribution < -0.4 is 9.80 Å². The largest absolute Gasteiger partial charge is 0.355 e. The first-order chi connectivity index (χ1) is 18.8. The molecule has 1 aromatic heterocycles. The summed E-state index contributed by atoms with van der Waals surface area (Å²) in [6.07, 6.45) is 4.61. The number of aromatic nitrogens is 2. The number of likely N-dealkylation sites (N-methyl/N-ethyl adjacent to an activating group) is 2. The second-order valence-electron chi connectivity index (χ2n) is 11.4. The molecule has 8 nitrogen and oxygen atoms in total. The van der Waals surface area contributed by atoms with Gasteiger partial charge in [0.1, 0.15) is 6.04 Å². The number of nitrogens with zero attached hydrogens (tertiary/aromatic N) is 6. The summed E-state index contributed by atoms with van der Waals surface area (Å²) in [7, 11) is 3.95. The molecule has 0 radical (unpaired) electrons. The van der Waals surface area contributed by atoms with Crippen molar-refractivity contribution in [3.63, 3.8) is 0 Å². The Kier molecular flexibility index (Phi) is 6.67. The Morgan fingerprint density at radius 2 is 1.59 bits per heavy atom. The molecule has 2 fully saturated rings. The molecule has 2 aliphatic heterocycles. The van der Waals surface area contributed by atoms with Gasteiger partial charge in [0.15, 0.2) is 5.69 Å². The Bertz CT molecular complexity index is 1380. The number of rotatable bonds is 4. The van der Waals surface area contributed by atoms with E-state index in [1.165, 1.54) is 18.4 Å². The minimum absolute atomic E-state index is 0.0280. The average Bonchev–Trinajstić information content (AvgIpc) is 3.63. The minimum Gasteiger partial charge on any atom is -0.355 e. The van der Waals surface area contributed by atoms with Crippen LogP contribution in [0.25, 0.3) is 16.9 Å². The van der Waals surface area contributed by atoms with E-state index in [4.69, 9.17) is 5.10 Å². The van der Waals surface area contributed by atoms with Crippen LogP contribution in [0.1, 0.15) is 48.7 Å². The maximum Gasteiger partial charge on any atom is 0.274 e. The number of carbonyl (C=O) groups is 2. The first kappa shape index (κ1) is 25.6. The van der Waals surface area contributed by atoms with Gasteiger partial charge < -0.3 is 19.6 Å². The van der Waals surface area contributed by atoms with Crippen molar-refractivity contribution in [3.8, 4) is 16.9 Å². The molecule has 1 atom stereocenters. The third-order valence-electron chi connectivity index (χ3n) is 8.73. The number of aryl methyl sites for hydroxylation is 1. The smallest absolute Gasteiger partial charge is 0.274 e. The molecule has 0 unspecified atom stereocenters. The Balaban J connectivity index is 1.45. The molecule has 1 saturated carbocycles. The summed E-state index contributed by atoms with van der Waals surface area (Å²) in [5, 5.41) is 4.86. The SMILES string of the molecule is Cc1ccc(-n2nc(C(=O)N3CCN(C)CC3)cc2-c2ccc3c(c2)N(C2CCCC2)[C@H](C)C(=O)N3C)cc1. The Labute approximate surface area is 230 Å². The van der Waals surface area contributed by atoms with E-state index in [0.29, 0.717) is 24.8 Å². The molecule has 204 valence electrons. The number of amides is 2. The molecule has 1 aliphatic carbocycles. The normalized spacial score (nSPS) is 20.6. The van der Waals surface area contributed by atoms with Gasteiger partial charge in [0.25, 0.3) is 5.91 Å². The number of hydrogen-bond donors (Lipinski definition) is 0. The predicted molar refractivity (Wildman–Crippen MR) is 155 cm³/mol. The summed E-state index contributed by atoms with van der Waals surface area (Å²) in [4.78, 5) is 35.0. The first-order valence-electron chi connectivity index (χ1n) is 14.2. The van der Waals surface area contributed by atoms with Crippen molar-refractivity contribution >= 4 is 23.2 Å². The monoisotopic (exact) mass is 526 g/mol. The molecule has 3 heterocycles. The van der Waals surface area contributed by atoms with Crippen LogP contribution in [0.5, 0.6) is 0 Å². The fourth-order valence-corrected chi connectivity index (χ4v) is 6.34. The van der Waals surface area contributed by atoms with Crippen molar-refractivity contribution in [1.29, 1.82) is 0 Å². The molecule has 2 amide bonds. The average molecular weight is 527 g/mol. The number of hydrogen-bond acceptors (Lipinski definition) is 5. The molecular formula is C31H38N6O2. The van der Waals surface area contributed by atoms with Gasteiger partial charge in [-0.15, -0.1) is 0 Å². The summed E-state index contributed by atoms with van der Waals surface area (Å²) in [6, 6.07) is 16.6. The van der Waals surface area contributed by atoms with Gasteiger partial charge in [0.05, 0.1) is 22.8 Å². The Hall–Kier alpha value is -3.65. The van der Waals surface area contributed by atoms with E-state index in [1.807, 2.05) is 47.8 Å². The lowest BCUT2D eigenvalue weighted by Gasteiger charge is -2.43. The molecule has 1 saturated heterocycles. The van der Waals surface area contributed by atoms with Crippen LogP contribution in [0.3, 0.4) is 0 Å². The van der Waals surface area contributed by atoms with E-state index in [-0.39, 0.29) is 17.9 Å². The Morgan fingerprint density at radius 3 is 2.28 bits per heavy atom. The summed E-state index contributed by atoms with van der Waals surface area (Å²) < 4.78 is 1.89. The van der Waals surface area contributed by atoms with E-state index in [2.05, 4.69) is 48.0 Å². The Morgan fingerprint density at radius 1 is 0.897 bits per heavy atom. The maximum absolute atomic E-state index is 13.5. The van der Waals surface area contributed by atoms with Gasteiger partial charge in [-0.2, -0.15) is 5.10 Å². The van der Waals surface area contributed by atoms with Gasteiger partial charge in [-0.3, -0.25) is 9.59 Å². The zero-order chi connectivity index (χ0) is 27.3. The molecule has 39 heavy (non-hydrogen) atoms. The van der Waals surface area contributed by atoms with E-state index in [1.54, 1.807) is 4.90 Å². The quantitative estimate of drug-likeness (QED) is 0.506. The molecule has 0 bridgehead atoms. The van der Waals surface area contributed by atoms with E-state index >= 15 is 0 Å². The summed E-state index contributed by atoms with van der Waals surface area (Å²) in [5.41, 5.74) is 6.42. The van der Waals surface area contributed by atoms with Crippen LogP contribution in [0.4, 0.5) is 11.4 Å². The fourth-order valence-electron chi connectivity index (χ4n) is 6.34. The van der Waals surface area contributed by atoms with Gasteiger partial charge in [-0.05, 0) is 64.1 Å².